The fourth-order valence-electron chi connectivity index (χ4n) is 0.920. The molecule has 0 aliphatic carbocycles. The number of hydrogen-bond donors (Lipinski definition) is 3. The lowest BCUT2D eigenvalue weighted by molar-refractivity contribution is -0.134. The van der Waals surface area contributed by atoms with Gasteiger partial charge in [0, 0.05) is 0 Å². The number of carbonyl (C=O) groups is 2. The van der Waals surface area contributed by atoms with E-state index in [9.17, 15) is 31.0 Å². The Morgan fingerprint density at radius 3 is 1.62 bits per heavy atom. The molecule has 0 radical (unpaired) electrons. The van der Waals surface area contributed by atoms with Crippen LogP contribution < -0.4 is 0 Å². The number of hydrogen-bond acceptors (Lipinski definition) is 7. The first-order valence-corrected chi connectivity index (χ1v) is 7.81. The average molecular weight is 341 g/mol. The van der Waals surface area contributed by atoms with E-state index in [2.05, 4.69) is 0 Å². The van der Waals surface area contributed by atoms with Crippen LogP contribution in [0.3, 0.4) is 0 Å². The number of rotatable bonds is 4. The summed E-state index contributed by atoms with van der Waals surface area (Å²) in [7, 11) is -8.81. The molecule has 0 saturated carbocycles. The number of carboxylic acids is 2. The molecular weight excluding hydrogens is 332 g/mol. The largest absolute Gasteiger partial charge is 0.744 e. The Morgan fingerprint density at radius 1 is 1.00 bits per heavy atom. The third-order valence-electron chi connectivity index (χ3n) is 1.70. The summed E-state index contributed by atoms with van der Waals surface area (Å²) in [5.41, 5.74) is -0.0626. The van der Waals surface area contributed by atoms with Crippen molar-refractivity contribution in [3.05, 3.63) is 29.8 Å². The summed E-state index contributed by atoms with van der Waals surface area (Å²) in [5.74, 6) is -3.96. The monoisotopic (exact) mass is 341 g/mol. The fraction of sp³-hybridized carbons (Fsp3) is 0.111. The molecule has 0 spiro atoms. The van der Waals surface area contributed by atoms with Crippen LogP contribution in [0.25, 0.3) is 0 Å². The lowest BCUT2D eigenvalue weighted by atomic mass is 10.2. The van der Waals surface area contributed by atoms with Crippen LogP contribution in [0.4, 0.5) is 0 Å². The molecule has 3 N–H and O–H groups in total. The van der Waals surface area contributed by atoms with Gasteiger partial charge in [-0.3, -0.25) is 9.35 Å². The van der Waals surface area contributed by atoms with Gasteiger partial charge in [0.05, 0.1) is 10.5 Å². The molecule has 0 heterocycles. The standard InChI is InChI=1S/C7H6O5S.C2H4O5S/c8-7(9)5-1-3-6(4-2-5)13(10,11)12;3-2(4)1-8(5,6)7/h1-4H,(H,8,9)(H,10,11,12);1H2,(H,3,4)(H,5,6,7)/p-1. The van der Waals surface area contributed by atoms with E-state index >= 15 is 0 Å². The molecule has 12 heteroatoms. The molecule has 0 fully saturated rings. The van der Waals surface area contributed by atoms with Gasteiger partial charge in [0.25, 0.3) is 10.1 Å². The van der Waals surface area contributed by atoms with Crippen LogP contribution in [0, 0.1) is 0 Å². The van der Waals surface area contributed by atoms with Crippen molar-refractivity contribution < 1.29 is 45.7 Å². The van der Waals surface area contributed by atoms with Crippen LogP contribution in [0.2, 0.25) is 0 Å². The maximum atomic E-state index is 10.4. The third-order valence-corrected chi connectivity index (χ3v) is 3.16. The number of aromatic carboxylic acids is 1. The highest BCUT2D eigenvalue weighted by molar-refractivity contribution is 7.86. The minimum Gasteiger partial charge on any atom is -0.744 e. The molecule has 0 atom stereocenters. The van der Waals surface area contributed by atoms with Gasteiger partial charge in [0.1, 0.15) is 10.1 Å². The van der Waals surface area contributed by atoms with Gasteiger partial charge in [-0.25, -0.2) is 13.2 Å². The zero-order valence-corrected chi connectivity index (χ0v) is 11.7. The highest BCUT2D eigenvalue weighted by Gasteiger charge is 2.09. The van der Waals surface area contributed by atoms with Crippen molar-refractivity contribution in [2.45, 2.75) is 4.90 Å². The Balaban J connectivity index is 0.000000433. The van der Waals surface area contributed by atoms with Gasteiger partial charge in [-0.15, -0.1) is 0 Å². The zero-order valence-electron chi connectivity index (χ0n) is 10.0. The summed E-state index contributed by atoms with van der Waals surface area (Å²) in [6.07, 6.45) is 0. The van der Waals surface area contributed by atoms with Crippen molar-refractivity contribution in [1.82, 2.24) is 0 Å². The Bertz CT molecular complexity index is 714. The highest BCUT2D eigenvalue weighted by atomic mass is 32.2. The molecular formula is C9H9O10S2-. The van der Waals surface area contributed by atoms with Gasteiger partial charge in [-0.2, -0.15) is 8.42 Å². The number of aliphatic carboxylic acids is 1. The lowest BCUT2D eigenvalue weighted by Gasteiger charge is -2.05. The molecule has 0 aromatic heterocycles. The minimum atomic E-state index is -4.49. The van der Waals surface area contributed by atoms with Gasteiger partial charge in [0.15, 0.2) is 5.75 Å². The smallest absolute Gasteiger partial charge is 0.335 e. The first kappa shape index (κ1) is 19.0. The summed E-state index contributed by atoms with van der Waals surface area (Å²) in [6, 6.07) is 4.05. The fourth-order valence-corrected chi connectivity index (χ4v) is 1.70. The maximum absolute atomic E-state index is 10.4. The minimum absolute atomic E-state index is 0.0626. The predicted molar refractivity (Wildman–Crippen MR) is 65.4 cm³/mol. The molecule has 0 aliphatic heterocycles. The van der Waals surface area contributed by atoms with Gasteiger partial charge >= 0.3 is 11.9 Å². The molecule has 1 aromatic carbocycles. The van der Waals surface area contributed by atoms with E-state index in [4.69, 9.17) is 14.8 Å². The molecule has 118 valence electrons. The highest BCUT2D eigenvalue weighted by Crippen LogP contribution is 2.09. The van der Waals surface area contributed by atoms with Crippen molar-refractivity contribution in [2.75, 3.05) is 5.75 Å². The van der Waals surface area contributed by atoms with Crippen molar-refractivity contribution in [3.8, 4) is 0 Å². The molecule has 21 heavy (non-hydrogen) atoms. The second-order valence-electron chi connectivity index (χ2n) is 3.40. The van der Waals surface area contributed by atoms with Crippen molar-refractivity contribution in [2.24, 2.45) is 0 Å². The normalized spacial score (nSPS) is 11.1. The van der Waals surface area contributed by atoms with Crippen LogP contribution in [-0.4, -0.2) is 53.8 Å². The maximum Gasteiger partial charge on any atom is 0.335 e. The Morgan fingerprint density at radius 2 is 1.43 bits per heavy atom. The van der Waals surface area contributed by atoms with Gasteiger partial charge in [0.2, 0.25) is 0 Å². The quantitative estimate of drug-likeness (QED) is 0.588. The predicted octanol–water partition coefficient (Wildman–Crippen LogP) is -0.752. The van der Waals surface area contributed by atoms with Crippen LogP contribution in [0.5, 0.6) is 0 Å². The van der Waals surface area contributed by atoms with E-state index in [0.717, 1.165) is 24.3 Å². The first-order chi connectivity index (χ1) is 9.33. The summed E-state index contributed by atoms with van der Waals surface area (Å²) >= 11 is 0. The van der Waals surface area contributed by atoms with Crippen molar-refractivity contribution >= 4 is 32.2 Å². The molecule has 0 amide bonds. The Labute approximate surface area is 119 Å². The second kappa shape index (κ2) is 7.12. The molecule has 0 aliphatic rings. The van der Waals surface area contributed by atoms with Crippen molar-refractivity contribution in [1.29, 1.82) is 0 Å². The van der Waals surface area contributed by atoms with E-state index in [-0.39, 0.29) is 5.56 Å². The average Bonchev–Trinajstić information content (AvgIpc) is 2.25. The third kappa shape index (κ3) is 8.69. The Hall–Kier alpha value is -2.02. The SMILES string of the molecule is O=C(O)CS(=O)(=O)O.O=C(O)c1ccc(S(=O)(=O)[O-])cc1. The second-order valence-corrected chi connectivity index (χ2v) is 6.24. The first-order valence-electron chi connectivity index (χ1n) is 4.79. The van der Waals surface area contributed by atoms with E-state index in [1.807, 2.05) is 0 Å². The lowest BCUT2D eigenvalue weighted by Crippen LogP contribution is -2.13. The number of benzene rings is 1. The Kier molecular flexibility index (Phi) is 6.44. The molecule has 0 bridgehead atoms. The topological polar surface area (TPSA) is 186 Å². The van der Waals surface area contributed by atoms with E-state index in [1.54, 1.807) is 0 Å². The summed E-state index contributed by atoms with van der Waals surface area (Å²) in [6.45, 7) is 0. The van der Waals surface area contributed by atoms with Crippen LogP contribution in [-0.2, 0) is 25.0 Å². The molecule has 1 aromatic rings. The van der Waals surface area contributed by atoms with Crippen LogP contribution in [0.15, 0.2) is 29.2 Å². The van der Waals surface area contributed by atoms with Crippen LogP contribution >= 0.6 is 0 Å². The van der Waals surface area contributed by atoms with Crippen LogP contribution in [0.1, 0.15) is 10.4 Å². The van der Waals surface area contributed by atoms with Gasteiger partial charge in [-0.1, -0.05) is 0 Å². The molecule has 10 nitrogen and oxygen atoms in total. The zero-order chi connectivity index (χ0) is 16.8. The van der Waals surface area contributed by atoms with E-state index in [0.29, 0.717) is 0 Å². The molecule has 0 unspecified atom stereocenters. The summed E-state index contributed by atoms with van der Waals surface area (Å²) < 4.78 is 58.2. The van der Waals surface area contributed by atoms with Crippen molar-refractivity contribution in [3.63, 3.8) is 0 Å². The molecule has 1 rings (SSSR count). The molecule has 0 saturated heterocycles. The summed E-state index contributed by atoms with van der Waals surface area (Å²) in [5, 5.41) is 16.2. The van der Waals surface area contributed by atoms with E-state index < -0.39 is 42.8 Å². The van der Waals surface area contributed by atoms with E-state index in [1.165, 1.54) is 0 Å². The van der Waals surface area contributed by atoms with Gasteiger partial charge in [-0.05, 0) is 24.3 Å². The van der Waals surface area contributed by atoms with Gasteiger partial charge < -0.3 is 14.8 Å². The summed E-state index contributed by atoms with van der Waals surface area (Å²) in [4.78, 5) is 19.4. The number of carboxylic acid groups (broad SMARTS) is 2.